The van der Waals surface area contributed by atoms with E-state index in [1.54, 1.807) is 11.3 Å². The molecule has 2 heterocycles. The Bertz CT molecular complexity index is 347. The van der Waals surface area contributed by atoms with Crippen molar-refractivity contribution in [1.29, 1.82) is 0 Å². The lowest BCUT2D eigenvalue weighted by molar-refractivity contribution is -0.137. The summed E-state index contributed by atoms with van der Waals surface area (Å²) in [6, 6.07) is 4.44. The second-order valence-corrected chi connectivity index (χ2v) is 6.42. The third-order valence-electron chi connectivity index (χ3n) is 2.92. The second-order valence-electron chi connectivity index (χ2n) is 4.22. The third kappa shape index (κ3) is 4.01. The molecular weight excluding hydrogens is 254 g/mol. The molecule has 1 saturated heterocycles. The van der Waals surface area contributed by atoms with Crippen molar-refractivity contribution in [2.45, 2.75) is 31.3 Å². The standard InChI is InChI=1S/C12H17NO2S2/c14-12(15)8-10(11-2-1-5-17-11)13-9-3-6-16-7-4-9/h1-2,5,9-10,13H,3-4,6-8H2,(H,14,15). The van der Waals surface area contributed by atoms with Gasteiger partial charge < -0.3 is 10.4 Å². The zero-order valence-corrected chi connectivity index (χ0v) is 11.2. The van der Waals surface area contributed by atoms with Crippen molar-refractivity contribution in [3.63, 3.8) is 0 Å². The van der Waals surface area contributed by atoms with Crippen LogP contribution in [-0.4, -0.2) is 28.6 Å². The van der Waals surface area contributed by atoms with Gasteiger partial charge in [-0.2, -0.15) is 11.8 Å². The molecule has 1 fully saturated rings. The average Bonchev–Trinajstić information content (AvgIpc) is 2.82. The van der Waals surface area contributed by atoms with Gasteiger partial charge in [0.25, 0.3) is 0 Å². The van der Waals surface area contributed by atoms with E-state index in [9.17, 15) is 4.79 Å². The first-order valence-corrected chi connectivity index (χ1v) is 7.88. The highest BCUT2D eigenvalue weighted by Crippen LogP contribution is 2.25. The predicted octanol–water partition coefficient (Wildman–Crippen LogP) is 2.75. The fourth-order valence-corrected chi connectivity index (χ4v) is 3.95. The van der Waals surface area contributed by atoms with Gasteiger partial charge in [-0.05, 0) is 35.8 Å². The van der Waals surface area contributed by atoms with Crippen molar-refractivity contribution in [3.05, 3.63) is 22.4 Å². The van der Waals surface area contributed by atoms with Gasteiger partial charge in [0, 0.05) is 10.9 Å². The molecule has 0 aliphatic carbocycles. The Hall–Kier alpha value is -0.520. The Morgan fingerprint density at radius 3 is 2.88 bits per heavy atom. The summed E-state index contributed by atoms with van der Waals surface area (Å²) in [5, 5.41) is 14.5. The lowest BCUT2D eigenvalue weighted by Gasteiger charge is -2.27. The maximum Gasteiger partial charge on any atom is 0.305 e. The minimum Gasteiger partial charge on any atom is -0.481 e. The summed E-state index contributed by atoms with van der Waals surface area (Å²) < 4.78 is 0. The van der Waals surface area contributed by atoms with Gasteiger partial charge in [-0.1, -0.05) is 6.07 Å². The fraction of sp³-hybridized carbons (Fsp3) is 0.583. The molecule has 1 atom stereocenters. The Morgan fingerprint density at radius 1 is 1.53 bits per heavy atom. The molecule has 17 heavy (non-hydrogen) atoms. The first-order chi connectivity index (χ1) is 8.25. The van der Waals surface area contributed by atoms with Crippen LogP contribution in [0, 0.1) is 0 Å². The van der Waals surface area contributed by atoms with Gasteiger partial charge in [0.15, 0.2) is 0 Å². The lowest BCUT2D eigenvalue weighted by atomic mass is 10.1. The number of nitrogens with one attached hydrogen (secondary N) is 1. The average molecular weight is 271 g/mol. The van der Waals surface area contributed by atoms with E-state index in [4.69, 9.17) is 5.11 Å². The molecule has 0 spiro atoms. The van der Waals surface area contributed by atoms with Gasteiger partial charge >= 0.3 is 5.97 Å². The predicted molar refractivity (Wildman–Crippen MR) is 72.8 cm³/mol. The monoisotopic (exact) mass is 271 g/mol. The first kappa shape index (κ1) is 12.9. The number of aliphatic carboxylic acids is 1. The van der Waals surface area contributed by atoms with Gasteiger partial charge in [-0.15, -0.1) is 11.3 Å². The molecule has 5 heteroatoms. The van der Waals surface area contributed by atoms with E-state index in [0.29, 0.717) is 6.04 Å². The van der Waals surface area contributed by atoms with Crippen LogP contribution in [0.25, 0.3) is 0 Å². The van der Waals surface area contributed by atoms with Crippen LogP contribution in [0.2, 0.25) is 0 Å². The Kier molecular flexibility index (Phi) is 4.88. The number of hydrogen-bond donors (Lipinski definition) is 2. The number of carbonyl (C=O) groups is 1. The summed E-state index contributed by atoms with van der Waals surface area (Å²) in [5.41, 5.74) is 0. The largest absolute Gasteiger partial charge is 0.481 e. The molecule has 2 rings (SSSR count). The molecule has 0 bridgehead atoms. The van der Waals surface area contributed by atoms with Gasteiger partial charge in [0.1, 0.15) is 0 Å². The van der Waals surface area contributed by atoms with Crippen LogP contribution >= 0.6 is 23.1 Å². The van der Waals surface area contributed by atoms with Crippen molar-refractivity contribution in [1.82, 2.24) is 5.32 Å². The quantitative estimate of drug-likeness (QED) is 0.864. The normalized spacial score (nSPS) is 19.1. The van der Waals surface area contributed by atoms with Gasteiger partial charge in [0.2, 0.25) is 0 Å². The molecule has 0 saturated carbocycles. The topological polar surface area (TPSA) is 49.3 Å². The van der Waals surface area contributed by atoms with Gasteiger partial charge in [-0.3, -0.25) is 4.79 Å². The molecule has 0 aromatic carbocycles. The number of carboxylic acids is 1. The molecule has 2 N–H and O–H groups in total. The Labute approximate surface area is 110 Å². The van der Waals surface area contributed by atoms with Crippen LogP contribution in [0.1, 0.15) is 30.2 Å². The molecule has 1 aromatic heterocycles. The molecule has 1 unspecified atom stereocenters. The maximum absolute atomic E-state index is 10.9. The van der Waals surface area contributed by atoms with Crippen LogP contribution in [0.15, 0.2) is 17.5 Å². The Morgan fingerprint density at radius 2 is 2.29 bits per heavy atom. The van der Waals surface area contributed by atoms with Crippen molar-refractivity contribution in [3.8, 4) is 0 Å². The Balaban J connectivity index is 1.97. The number of rotatable bonds is 5. The van der Waals surface area contributed by atoms with E-state index in [1.165, 1.54) is 11.5 Å². The number of thioether (sulfide) groups is 1. The van der Waals surface area contributed by atoms with Crippen LogP contribution in [0.3, 0.4) is 0 Å². The lowest BCUT2D eigenvalue weighted by Crippen LogP contribution is -2.36. The highest BCUT2D eigenvalue weighted by molar-refractivity contribution is 7.99. The molecule has 1 aliphatic heterocycles. The van der Waals surface area contributed by atoms with Crippen molar-refractivity contribution in [2.24, 2.45) is 0 Å². The van der Waals surface area contributed by atoms with Gasteiger partial charge in [0.05, 0.1) is 12.5 Å². The van der Waals surface area contributed by atoms with E-state index in [0.717, 1.165) is 17.7 Å². The summed E-state index contributed by atoms with van der Waals surface area (Å²) >= 11 is 3.61. The summed E-state index contributed by atoms with van der Waals surface area (Å²) in [6.45, 7) is 0. The minimum atomic E-state index is -0.735. The minimum absolute atomic E-state index is 0.0272. The molecule has 1 aliphatic rings. The fourth-order valence-electron chi connectivity index (χ4n) is 2.05. The third-order valence-corrected chi connectivity index (χ3v) is 4.96. The van der Waals surface area contributed by atoms with E-state index in [1.807, 2.05) is 29.3 Å². The number of thiophene rings is 1. The molecule has 1 aromatic rings. The second kappa shape index (κ2) is 6.42. The zero-order valence-electron chi connectivity index (χ0n) is 9.59. The smallest absolute Gasteiger partial charge is 0.305 e. The summed E-state index contributed by atoms with van der Waals surface area (Å²) in [4.78, 5) is 12.0. The maximum atomic E-state index is 10.9. The molecule has 3 nitrogen and oxygen atoms in total. The van der Waals surface area contributed by atoms with E-state index >= 15 is 0 Å². The van der Waals surface area contributed by atoms with Crippen LogP contribution in [0.4, 0.5) is 0 Å². The number of hydrogen-bond acceptors (Lipinski definition) is 4. The highest BCUT2D eigenvalue weighted by atomic mass is 32.2. The SMILES string of the molecule is O=C(O)CC(NC1CCSCC1)c1cccs1. The number of carboxylic acid groups (broad SMARTS) is 1. The van der Waals surface area contributed by atoms with E-state index in [2.05, 4.69) is 5.32 Å². The van der Waals surface area contributed by atoms with Gasteiger partial charge in [-0.25, -0.2) is 0 Å². The van der Waals surface area contributed by atoms with Crippen molar-refractivity contribution >= 4 is 29.1 Å². The molecule has 0 radical (unpaired) electrons. The molecule has 94 valence electrons. The van der Waals surface area contributed by atoms with E-state index in [-0.39, 0.29) is 12.5 Å². The molecular formula is C12H17NO2S2. The van der Waals surface area contributed by atoms with Crippen molar-refractivity contribution in [2.75, 3.05) is 11.5 Å². The summed E-state index contributed by atoms with van der Waals surface area (Å²) in [6.07, 6.45) is 2.46. The van der Waals surface area contributed by atoms with Crippen LogP contribution < -0.4 is 5.32 Å². The van der Waals surface area contributed by atoms with Crippen LogP contribution in [0.5, 0.6) is 0 Å². The first-order valence-electron chi connectivity index (χ1n) is 5.84. The van der Waals surface area contributed by atoms with E-state index < -0.39 is 5.97 Å². The molecule has 0 amide bonds. The van der Waals surface area contributed by atoms with Crippen molar-refractivity contribution < 1.29 is 9.90 Å². The highest BCUT2D eigenvalue weighted by Gasteiger charge is 2.21. The van der Waals surface area contributed by atoms with Crippen LogP contribution in [-0.2, 0) is 4.79 Å². The summed E-state index contributed by atoms with van der Waals surface area (Å²) in [5.74, 6) is 1.63. The summed E-state index contributed by atoms with van der Waals surface area (Å²) in [7, 11) is 0. The zero-order chi connectivity index (χ0) is 12.1.